The Morgan fingerprint density at radius 1 is 1.53 bits per heavy atom. The molecule has 19 heavy (non-hydrogen) atoms. The zero-order valence-electron chi connectivity index (χ0n) is 11.4. The molecule has 2 aliphatic rings. The zero-order valence-corrected chi connectivity index (χ0v) is 11.4. The van der Waals surface area contributed by atoms with Crippen molar-refractivity contribution in [2.75, 3.05) is 6.54 Å². The minimum Gasteiger partial charge on any atom is -0.332 e. The van der Waals surface area contributed by atoms with Gasteiger partial charge in [0.2, 0.25) is 5.91 Å². The van der Waals surface area contributed by atoms with Gasteiger partial charge in [-0.1, -0.05) is 19.8 Å². The van der Waals surface area contributed by atoms with Gasteiger partial charge in [0, 0.05) is 13.1 Å². The Morgan fingerprint density at radius 2 is 2.37 bits per heavy atom. The van der Waals surface area contributed by atoms with E-state index in [9.17, 15) is 4.79 Å². The predicted molar refractivity (Wildman–Crippen MR) is 70.0 cm³/mol. The summed E-state index contributed by atoms with van der Waals surface area (Å²) in [5, 5.41) is 7.93. The summed E-state index contributed by atoms with van der Waals surface area (Å²) >= 11 is 0. The van der Waals surface area contributed by atoms with Gasteiger partial charge in [-0.25, -0.2) is 0 Å². The van der Waals surface area contributed by atoms with Crippen molar-refractivity contribution in [3.63, 3.8) is 0 Å². The monoisotopic (exact) mass is 263 g/mol. The molecular formula is C13H21N5O. The lowest BCUT2D eigenvalue weighted by Crippen LogP contribution is -2.58. The number of aromatic nitrogens is 3. The summed E-state index contributed by atoms with van der Waals surface area (Å²) in [7, 11) is 0. The highest BCUT2D eigenvalue weighted by Gasteiger charge is 2.41. The SMILES string of the molecule is CC1CCCC(N)(C(=O)N2CCn3cnnc3C2)C1. The van der Waals surface area contributed by atoms with Crippen LogP contribution in [0.15, 0.2) is 6.33 Å². The predicted octanol–water partition coefficient (Wildman–Crippen LogP) is 0.528. The lowest BCUT2D eigenvalue weighted by molar-refractivity contribution is -0.140. The molecule has 104 valence electrons. The summed E-state index contributed by atoms with van der Waals surface area (Å²) in [4.78, 5) is 14.5. The summed E-state index contributed by atoms with van der Waals surface area (Å²) < 4.78 is 2.00. The maximum Gasteiger partial charge on any atom is 0.243 e. The minimum absolute atomic E-state index is 0.0910. The third-order valence-corrected chi connectivity index (χ3v) is 4.38. The van der Waals surface area contributed by atoms with Gasteiger partial charge in [-0.2, -0.15) is 0 Å². The van der Waals surface area contributed by atoms with Crippen LogP contribution in [-0.2, 0) is 17.9 Å². The van der Waals surface area contributed by atoms with Gasteiger partial charge in [0.1, 0.15) is 6.33 Å². The third kappa shape index (κ3) is 2.25. The van der Waals surface area contributed by atoms with E-state index in [0.29, 0.717) is 19.0 Å². The second-order valence-corrected chi connectivity index (χ2v) is 6.02. The van der Waals surface area contributed by atoms with E-state index in [1.165, 1.54) is 6.42 Å². The first-order chi connectivity index (χ1) is 9.08. The molecule has 6 nitrogen and oxygen atoms in total. The molecule has 1 aromatic rings. The number of carbonyl (C=O) groups excluding carboxylic acids is 1. The van der Waals surface area contributed by atoms with Crippen molar-refractivity contribution in [2.45, 2.75) is 51.2 Å². The molecule has 1 saturated carbocycles. The van der Waals surface area contributed by atoms with E-state index < -0.39 is 5.54 Å². The van der Waals surface area contributed by atoms with Crippen LogP contribution in [-0.4, -0.2) is 37.7 Å². The number of nitrogens with two attached hydrogens (primary N) is 1. The number of fused-ring (bicyclic) bond motifs is 1. The van der Waals surface area contributed by atoms with E-state index in [4.69, 9.17) is 5.73 Å². The average molecular weight is 263 g/mol. The second-order valence-electron chi connectivity index (χ2n) is 6.02. The van der Waals surface area contributed by atoms with E-state index in [0.717, 1.165) is 31.6 Å². The van der Waals surface area contributed by atoms with Crippen LogP contribution >= 0.6 is 0 Å². The second kappa shape index (κ2) is 4.59. The Labute approximate surface area is 113 Å². The molecule has 2 N–H and O–H groups in total. The van der Waals surface area contributed by atoms with Gasteiger partial charge in [0.25, 0.3) is 0 Å². The Bertz CT molecular complexity index is 485. The van der Waals surface area contributed by atoms with Crippen molar-refractivity contribution < 1.29 is 4.79 Å². The Kier molecular flexibility index (Phi) is 3.05. The molecular weight excluding hydrogens is 242 g/mol. The maximum absolute atomic E-state index is 12.7. The lowest BCUT2D eigenvalue weighted by Gasteiger charge is -2.40. The van der Waals surface area contributed by atoms with E-state index in [2.05, 4.69) is 17.1 Å². The van der Waals surface area contributed by atoms with Crippen molar-refractivity contribution in [2.24, 2.45) is 11.7 Å². The maximum atomic E-state index is 12.7. The molecule has 0 saturated heterocycles. The molecule has 0 bridgehead atoms. The highest BCUT2D eigenvalue weighted by molar-refractivity contribution is 5.86. The topological polar surface area (TPSA) is 77.0 Å². The van der Waals surface area contributed by atoms with Gasteiger partial charge in [-0.3, -0.25) is 4.79 Å². The molecule has 1 aliphatic carbocycles. The molecule has 0 radical (unpaired) electrons. The molecule has 1 fully saturated rings. The standard InChI is InChI=1S/C13H21N5O/c1-10-3-2-4-13(14,7-10)12(19)17-5-6-18-9-15-16-11(18)8-17/h9-10H,2-8,14H2,1H3. The van der Waals surface area contributed by atoms with Gasteiger partial charge < -0.3 is 15.2 Å². The summed E-state index contributed by atoms with van der Waals surface area (Å²) in [6.45, 7) is 4.18. The normalized spacial score (nSPS) is 31.1. The highest BCUT2D eigenvalue weighted by atomic mass is 16.2. The molecule has 3 rings (SSSR count). The number of rotatable bonds is 1. The first kappa shape index (κ1) is 12.6. The fraction of sp³-hybridized carbons (Fsp3) is 0.769. The molecule has 6 heteroatoms. The van der Waals surface area contributed by atoms with Crippen molar-refractivity contribution >= 4 is 5.91 Å². The van der Waals surface area contributed by atoms with Crippen LogP contribution < -0.4 is 5.73 Å². The van der Waals surface area contributed by atoms with Crippen molar-refractivity contribution in [1.29, 1.82) is 0 Å². The van der Waals surface area contributed by atoms with E-state index >= 15 is 0 Å². The molecule has 2 unspecified atom stereocenters. The first-order valence-electron chi connectivity index (χ1n) is 7.03. The Morgan fingerprint density at radius 3 is 3.16 bits per heavy atom. The molecule has 2 heterocycles. The van der Waals surface area contributed by atoms with Gasteiger partial charge in [0.15, 0.2) is 5.82 Å². The first-order valence-corrected chi connectivity index (χ1v) is 7.03. The molecule has 2 atom stereocenters. The van der Waals surface area contributed by atoms with E-state index in [1.807, 2.05) is 9.47 Å². The van der Waals surface area contributed by atoms with E-state index in [1.54, 1.807) is 6.33 Å². The molecule has 1 aromatic heterocycles. The Balaban J connectivity index is 1.74. The average Bonchev–Trinajstić information content (AvgIpc) is 2.84. The number of hydrogen-bond donors (Lipinski definition) is 1. The van der Waals surface area contributed by atoms with Gasteiger partial charge in [-0.15, -0.1) is 10.2 Å². The largest absolute Gasteiger partial charge is 0.332 e. The summed E-state index contributed by atoms with van der Waals surface area (Å²) in [6.07, 6.45) is 5.56. The van der Waals surface area contributed by atoms with Crippen LogP contribution in [0.3, 0.4) is 0 Å². The van der Waals surface area contributed by atoms with Gasteiger partial charge in [-0.05, 0) is 18.8 Å². The van der Waals surface area contributed by atoms with Crippen LogP contribution in [0.2, 0.25) is 0 Å². The van der Waals surface area contributed by atoms with Crippen LogP contribution in [0.25, 0.3) is 0 Å². The van der Waals surface area contributed by atoms with Crippen molar-refractivity contribution in [1.82, 2.24) is 19.7 Å². The molecule has 0 aromatic carbocycles. The summed E-state index contributed by atoms with van der Waals surface area (Å²) in [5.74, 6) is 1.48. The minimum atomic E-state index is -0.667. The van der Waals surface area contributed by atoms with Crippen LogP contribution in [0.1, 0.15) is 38.4 Å². The van der Waals surface area contributed by atoms with Crippen LogP contribution in [0.5, 0.6) is 0 Å². The van der Waals surface area contributed by atoms with Crippen LogP contribution in [0, 0.1) is 5.92 Å². The molecule has 0 spiro atoms. The lowest BCUT2D eigenvalue weighted by atomic mass is 9.76. The highest BCUT2D eigenvalue weighted by Crippen LogP contribution is 2.32. The quantitative estimate of drug-likeness (QED) is 0.801. The fourth-order valence-corrected chi connectivity index (χ4v) is 3.34. The number of carbonyl (C=O) groups is 1. The molecule has 1 amide bonds. The fourth-order valence-electron chi connectivity index (χ4n) is 3.34. The zero-order chi connectivity index (χ0) is 13.5. The summed E-state index contributed by atoms with van der Waals surface area (Å²) in [6, 6.07) is 0. The van der Waals surface area contributed by atoms with Gasteiger partial charge in [0.05, 0.1) is 12.1 Å². The van der Waals surface area contributed by atoms with Gasteiger partial charge >= 0.3 is 0 Å². The van der Waals surface area contributed by atoms with Crippen molar-refractivity contribution in [3.8, 4) is 0 Å². The third-order valence-electron chi connectivity index (χ3n) is 4.38. The smallest absolute Gasteiger partial charge is 0.243 e. The Hall–Kier alpha value is -1.43. The van der Waals surface area contributed by atoms with Crippen molar-refractivity contribution in [3.05, 3.63) is 12.2 Å². The number of amides is 1. The number of nitrogens with zero attached hydrogens (tertiary/aromatic N) is 4. The van der Waals surface area contributed by atoms with Crippen LogP contribution in [0.4, 0.5) is 0 Å². The van der Waals surface area contributed by atoms with E-state index in [-0.39, 0.29) is 5.91 Å². The number of hydrogen-bond acceptors (Lipinski definition) is 4. The molecule has 1 aliphatic heterocycles. The summed E-state index contributed by atoms with van der Waals surface area (Å²) in [5.41, 5.74) is 5.72.